The van der Waals surface area contributed by atoms with Crippen molar-refractivity contribution in [1.82, 2.24) is 9.80 Å². The number of furan rings is 1. The number of hydrogen-bond acceptors (Lipinski definition) is 5. The maximum Gasteiger partial charge on any atom is 0.228 e. The first-order valence-corrected chi connectivity index (χ1v) is 14.4. The van der Waals surface area contributed by atoms with Crippen LogP contribution in [0.15, 0.2) is 40.4 Å². The lowest BCUT2D eigenvalue weighted by Crippen LogP contribution is -2.72. The van der Waals surface area contributed by atoms with Crippen LogP contribution in [0.2, 0.25) is 0 Å². The number of halogens is 2. The van der Waals surface area contributed by atoms with Gasteiger partial charge in [-0.25, -0.2) is 8.78 Å². The number of fused-ring (bicyclic) bond motifs is 5. The standard InChI is InChI=1S/C32H44F2N2O4/c1-19-9-10-22(40-19)18-36(8)17-20-15-29(3)25-14-24(33)23-13-21(37)11-12-28(23,2)32(25,34)26(38)16-30(29,4)31(20,5)27(39)35(6)7/h9-13,20,24-26,38H,14-18H2,1-8H3. The fourth-order valence-electron chi connectivity index (χ4n) is 9.52. The third-order valence-electron chi connectivity index (χ3n) is 11.9. The molecule has 1 aromatic rings. The summed E-state index contributed by atoms with van der Waals surface area (Å²) in [5, 5.41) is 11.8. The van der Waals surface area contributed by atoms with Crippen molar-refractivity contribution in [3.05, 3.63) is 47.5 Å². The highest BCUT2D eigenvalue weighted by Gasteiger charge is 2.80. The number of amides is 1. The molecule has 6 nitrogen and oxygen atoms in total. The van der Waals surface area contributed by atoms with Crippen LogP contribution in [0.3, 0.4) is 0 Å². The molecule has 0 aliphatic heterocycles. The molecule has 4 aliphatic rings. The Balaban J connectivity index is 1.61. The molecule has 5 rings (SSSR count). The van der Waals surface area contributed by atoms with Crippen molar-refractivity contribution in [1.29, 1.82) is 0 Å². The number of nitrogens with zero attached hydrogens (tertiary/aromatic N) is 2. The summed E-state index contributed by atoms with van der Waals surface area (Å²) >= 11 is 0. The lowest BCUT2D eigenvalue weighted by atomic mass is 9.39. The van der Waals surface area contributed by atoms with Gasteiger partial charge in [0, 0.05) is 32.0 Å². The van der Waals surface area contributed by atoms with Gasteiger partial charge in [-0.2, -0.15) is 0 Å². The second-order valence-corrected chi connectivity index (χ2v) is 14.0. The van der Waals surface area contributed by atoms with Crippen molar-refractivity contribution < 1.29 is 27.9 Å². The quantitative estimate of drug-likeness (QED) is 0.548. The SMILES string of the molecule is Cc1ccc(CN(C)CC2CC3(C)C4CC(F)C5=CC(=O)C=CC5(C)C4(F)C(O)CC3(C)C2(C)C(=O)N(C)C)o1. The number of aryl methyl sites for hydroxylation is 1. The maximum atomic E-state index is 17.8. The summed E-state index contributed by atoms with van der Waals surface area (Å²) in [6, 6.07) is 3.86. The summed E-state index contributed by atoms with van der Waals surface area (Å²) in [7, 11) is 5.45. The van der Waals surface area contributed by atoms with Gasteiger partial charge in [-0.05, 0) is 93.7 Å². The van der Waals surface area contributed by atoms with E-state index in [-0.39, 0.29) is 36.0 Å². The van der Waals surface area contributed by atoms with E-state index >= 15 is 8.78 Å². The van der Waals surface area contributed by atoms with E-state index in [1.807, 2.05) is 46.9 Å². The number of aliphatic hydroxyl groups is 1. The van der Waals surface area contributed by atoms with E-state index in [9.17, 15) is 14.7 Å². The van der Waals surface area contributed by atoms with Gasteiger partial charge >= 0.3 is 0 Å². The Kier molecular flexibility index (Phi) is 6.63. The Bertz CT molecular complexity index is 1290. The van der Waals surface area contributed by atoms with Gasteiger partial charge in [0.25, 0.3) is 0 Å². The van der Waals surface area contributed by atoms with Crippen molar-refractivity contribution in [2.24, 2.45) is 33.5 Å². The highest BCUT2D eigenvalue weighted by molar-refractivity contribution is 6.01. The number of carbonyl (C=O) groups excluding carboxylic acids is 2. The van der Waals surface area contributed by atoms with Gasteiger partial charge in [0.2, 0.25) is 5.91 Å². The topological polar surface area (TPSA) is 74.0 Å². The first kappa shape index (κ1) is 29.2. The molecule has 1 N–H and O–H groups in total. The van der Waals surface area contributed by atoms with Crippen LogP contribution in [0, 0.1) is 40.4 Å². The summed E-state index contributed by atoms with van der Waals surface area (Å²) in [5.74, 6) is 0.186. The zero-order valence-electron chi connectivity index (χ0n) is 25.1. The number of carbonyl (C=O) groups is 2. The number of rotatable bonds is 5. The molecule has 0 radical (unpaired) electrons. The van der Waals surface area contributed by atoms with Crippen LogP contribution in [0.25, 0.3) is 0 Å². The van der Waals surface area contributed by atoms with Crippen molar-refractivity contribution in [2.75, 3.05) is 27.7 Å². The summed E-state index contributed by atoms with van der Waals surface area (Å²) < 4.78 is 39.6. The highest BCUT2D eigenvalue weighted by atomic mass is 19.1. The number of aliphatic hydroxyl groups excluding tert-OH is 1. The van der Waals surface area contributed by atoms with Gasteiger partial charge in [-0.15, -0.1) is 0 Å². The average molecular weight is 559 g/mol. The molecule has 9 atom stereocenters. The molecule has 8 heteroatoms. The smallest absolute Gasteiger partial charge is 0.228 e. The molecule has 1 heterocycles. The van der Waals surface area contributed by atoms with Gasteiger partial charge in [-0.3, -0.25) is 14.5 Å². The normalized spacial score (nSPS) is 44.2. The van der Waals surface area contributed by atoms with Gasteiger partial charge < -0.3 is 14.4 Å². The number of ketones is 1. The zero-order valence-corrected chi connectivity index (χ0v) is 25.1. The Morgan fingerprint density at radius 3 is 2.42 bits per heavy atom. The third kappa shape index (κ3) is 3.57. The number of allylic oxidation sites excluding steroid dienone is 4. The highest BCUT2D eigenvalue weighted by Crippen LogP contribution is 2.78. The molecule has 0 saturated heterocycles. The number of alkyl halides is 2. The second-order valence-electron chi connectivity index (χ2n) is 14.0. The van der Waals surface area contributed by atoms with Crippen LogP contribution >= 0.6 is 0 Å². The zero-order chi connectivity index (χ0) is 29.6. The molecule has 4 aliphatic carbocycles. The van der Waals surface area contributed by atoms with Gasteiger partial charge in [0.05, 0.1) is 18.1 Å². The monoisotopic (exact) mass is 558 g/mol. The van der Waals surface area contributed by atoms with Crippen molar-refractivity contribution in [3.8, 4) is 0 Å². The Hall–Kier alpha value is -2.32. The molecule has 0 spiro atoms. The fourth-order valence-corrected chi connectivity index (χ4v) is 9.52. The van der Waals surface area contributed by atoms with Crippen LogP contribution < -0.4 is 0 Å². The summed E-state index contributed by atoms with van der Waals surface area (Å²) in [6.45, 7) is 10.6. The second kappa shape index (κ2) is 9.09. The van der Waals surface area contributed by atoms with E-state index in [4.69, 9.17) is 4.42 Å². The Labute approximate surface area is 236 Å². The molecule has 40 heavy (non-hydrogen) atoms. The molecule has 1 aromatic heterocycles. The summed E-state index contributed by atoms with van der Waals surface area (Å²) in [5.41, 5.74) is -6.10. The van der Waals surface area contributed by atoms with Crippen molar-refractivity contribution >= 4 is 11.7 Å². The van der Waals surface area contributed by atoms with Crippen LogP contribution in [0.5, 0.6) is 0 Å². The molecule has 9 unspecified atom stereocenters. The molecule has 3 saturated carbocycles. The van der Waals surface area contributed by atoms with Crippen LogP contribution in [0.1, 0.15) is 58.5 Å². The minimum atomic E-state index is -2.19. The van der Waals surface area contributed by atoms with Crippen molar-refractivity contribution in [2.45, 2.75) is 78.4 Å². The minimum Gasteiger partial charge on any atom is -0.465 e. The average Bonchev–Trinajstić information content (AvgIpc) is 3.34. The minimum absolute atomic E-state index is 0.0613. The molecule has 220 valence electrons. The largest absolute Gasteiger partial charge is 0.465 e. The van der Waals surface area contributed by atoms with E-state index in [0.717, 1.165) is 11.5 Å². The summed E-state index contributed by atoms with van der Waals surface area (Å²) in [4.78, 5) is 30.1. The van der Waals surface area contributed by atoms with Crippen LogP contribution in [-0.4, -0.2) is 72.2 Å². The fraction of sp³-hybridized carbons (Fsp3) is 0.688. The first-order valence-electron chi connectivity index (χ1n) is 14.4. The first-order chi connectivity index (χ1) is 18.5. The van der Waals surface area contributed by atoms with E-state index in [1.54, 1.807) is 25.9 Å². The maximum absolute atomic E-state index is 17.8. The van der Waals surface area contributed by atoms with Gasteiger partial charge in [-0.1, -0.05) is 19.9 Å². The predicted molar refractivity (Wildman–Crippen MR) is 149 cm³/mol. The molecule has 3 fully saturated rings. The van der Waals surface area contributed by atoms with E-state index in [1.165, 1.54) is 18.2 Å². The third-order valence-corrected chi connectivity index (χ3v) is 11.9. The van der Waals surface area contributed by atoms with E-state index in [2.05, 4.69) is 4.90 Å². The van der Waals surface area contributed by atoms with Gasteiger partial charge in [0.15, 0.2) is 11.5 Å². The summed E-state index contributed by atoms with van der Waals surface area (Å²) in [6.07, 6.45) is 1.46. The lowest BCUT2D eigenvalue weighted by molar-refractivity contribution is -0.242. The molecular formula is C32H44F2N2O4. The van der Waals surface area contributed by atoms with Crippen LogP contribution in [0.4, 0.5) is 8.78 Å². The number of hydrogen-bond donors (Lipinski definition) is 1. The molecule has 0 aromatic carbocycles. The van der Waals surface area contributed by atoms with Gasteiger partial charge in [0.1, 0.15) is 17.7 Å². The van der Waals surface area contributed by atoms with E-state index in [0.29, 0.717) is 19.5 Å². The predicted octanol–water partition coefficient (Wildman–Crippen LogP) is 5.05. The Morgan fingerprint density at radius 2 is 1.82 bits per heavy atom. The molecule has 0 bridgehead atoms. The molecule has 1 amide bonds. The molecular weight excluding hydrogens is 514 g/mol. The van der Waals surface area contributed by atoms with E-state index < -0.39 is 45.5 Å². The van der Waals surface area contributed by atoms with Crippen LogP contribution in [-0.2, 0) is 16.1 Å². The lowest BCUT2D eigenvalue weighted by Gasteiger charge is -2.67. The van der Waals surface area contributed by atoms with Crippen molar-refractivity contribution in [3.63, 3.8) is 0 Å². The Morgan fingerprint density at radius 1 is 1.15 bits per heavy atom.